The molecule has 19 heavy (non-hydrogen) atoms. The number of rotatable bonds is 2. The molecule has 0 saturated carbocycles. The summed E-state index contributed by atoms with van der Waals surface area (Å²) in [5.74, 6) is 0.0546. The van der Waals surface area contributed by atoms with Gasteiger partial charge >= 0.3 is 0 Å². The molecule has 0 saturated heterocycles. The summed E-state index contributed by atoms with van der Waals surface area (Å²) in [5, 5.41) is 3.02. The summed E-state index contributed by atoms with van der Waals surface area (Å²) in [7, 11) is 0. The predicted molar refractivity (Wildman–Crippen MR) is 82.3 cm³/mol. The molecule has 0 aliphatic heterocycles. The first-order valence-electron chi connectivity index (χ1n) is 5.94. The van der Waals surface area contributed by atoms with E-state index in [0.29, 0.717) is 9.90 Å². The van der Waals surface area contributed by atoms with Crippen molar-refractivity contribution in [2.45, 2.75) is 6.92 Å². The quantitative estimate of drug-likeness (QED) is 0.575. The Morgan fingerprint density at radius 3 is 2.47 bits per heavy atom. The zero-order chi connectivity index (χ0) is 13.4. The van der Waals surface area contributed by atoms with Crippen molar-refractivity contribution in [2.24, 2.45) is 0 Å². The average molecular weight is 287 g/mol. The third-order valence-electron chi connectivity index (χ3n) is 3.05. The van der Waals surface area contributed by atoms with Gasteiger partial charge in [-0.15, -0.1) is 11.3 Å². The third-order valence-corrected chi connectivity index (χ3v) is 4.74. The van der Waals surface area contributed by atoms with Crippen LogP contribution >= 0.6 is 22.9 Å². The molecule has 0 N–H and O–H groups in total. The van der Waals surface area contributed by atoms with Crippen molar-refractivity contribution >= 4 is 39.5 Å². The first-order chi connectivity index (χ1) is 9.15. The lowest BCUT2D eigenvalue weighted by molar-refractivity contribution is 0.102. The molecule has 3 rings (SSSR count). The zero-order valence-electron chi connectivity index (χ0n) is 10.3. The van der Waals surface area contributed by atoms with Gasteiger partial charge in [0, 0.05) is 0 Å². The van der Waals surface area contributed by atoms with Gasteiger partial charge in [0.05, 0.1) is 14.8 Å². The molecule has 0 aliphatic rings. The second-order valence-corrected chi connectivity index (χ2v) is 5.87. The van der Waals surface area contributed by atoms with E-state index in [-0.39, 0.29) is 5.78 Å². The highest BCUT2D eigenvalue weighted by Gasteiger charge is 2.12. The van der Waals surface area contributed by atoms with Crippen molar-refractivity contribution < 1.29 is 4.79 Å². The highest BCUT2D eigenvalue weighted by Crippen LogP contribution is 2.37. The minimum absolute atomic E-state index is 0.0546. The van der Waals surface area contributed by atoms with Crippen LogP contribution in [-0.4, -0.2) is 5.78 Å². The zero-order valence-corrected chi connectivity index (χ0v) is 11.9. The van der Waals surface area contributed by atoms with Crippen LogP contribution in [-0.2, 0) is 0 Å². The van der Waals surface area contributed by atoms with Gasteiger partial charge in [-0.1, -0.05) is 48.0 Å². The smallest absolute Gasteiger partial charge is 0.169 e. The van der Waals surface area contributed by atoms with Crippen LogP contribution in [0.25, 0.3) is 21.2 Å². The van der Waals surface area contributed by atoms with Crippen LogP contribution < -0.4 is 0 Å². The van der Waals surface area contributed by atoms with E-state index in [1.165, 1.54) is 22.1 Å². The Kier molecular flexibility index (Phi) is 3.13. The Morgan fingerprint density at radius 2 is 1.79 bits per heavy atom. The van der Waals surface area contributed by atoms with Gasteiger partial charge < -0.3 is 0 Å². The number of halogens is 1. The molecular formula is C16H11ClOS. The Hall–Kier alpha value is -1.64. The highest BCUT2D eigenvalue weighted by molar-refractivity contribution is 7.18. The van der Waals surface area contributed by atoms with Gasteiger partial charge in [-0.3, -0.25) is 4.79 Å². The number of ketones is 1. The summed E-state index contributed by atoms with van der Waals surface area (Å²) in [4.78, 5) is 13.1. The molecule has 0 unspecified atom stereocenters. The van der Waals surface area contributed by atoms with E-state index in [9.17, 15) is 4.79 Å². The fourth-order valence-corrected chi connectivity index (χ4v) is 3.41. The second-order valence-electron chi connectivity index (χ2n) is 4.41. The summed E-state index contributed by atoms with van der Waals surface area (Å²) >= 11 is 7.68. The number of thiophene rings is 1. The van der Waals surface area contributed by atoms with E-state index in [2.05, 4.69) is 24.3 Å². The number of benzene rings is 2. The van der Waals surface area contributed by atoms with Crippen LogP contribution in [0.1, 0.15) is 16.6 Å². The molecular weight excluding hydrogens is 276 g/mol. The largest absolute Gasteiger partial charge is 0.294 e. The van der Waals surface area contributed by atoms with E-state index in [4.69, 9.17) is 11.6 Å². The Balaban J connectivity index is 2.16. The van der Waals surface area contributed by atoms with Crippen molar-refractivity contribution in [3.8, 4) is 10.4 Å². The molecule has 94 valence electrons. The second kappa shape index (κ2) is 4.80. The normalized spacial score (nSPS) is 10.8. The van der Waals surface area contributed by atoms with E-state index in [0.717, 1.165) is 10.4 Å². The molecule has 3 aromatic rings. The SMILES string of the molecule is CC(=O)c1cc(Cl)c(-c2ccc3ccccc3c2)s1. The fraction of sp³-hybridized carbons (Fsp3) is 0.0625. The summed E-state index contributed by atoms with van der Waals surface area (Å²) in [5.41, 5.74) is 1.06. The number of Topliss-reactive ketones (excluding diaryl/α,β-unsaturated/α-hetero) is 1. The molecule has 0 aliphatic carbocycles. The van der Waals surface area contributed by atoms with Crippen LogP contribution in [0, 0.1) is 0 Å². The van der Waals surface area contributed by atoms with Gasteiger partial charge in [0.2, 0.25) is 0 Å². The van der Waals surface area contributed by atoms with Gasteiger partial charge in [0.15, 0.2) is 5.78 Å². The summed E-state index contributed by atoms with van der Waals surface area (Å²) in [6.07, 6.45) is 0. The maximum absolute atomic E-state index is 11.4. The van der Waals surface area contributed by atoms with Crippen molar-refractivity contribution in [1.29, 1.82) is 0 Å². The maximum Gasteiger partial charge on any atom is 0.169 e. The van der Waals surface area contributed by atoms with Crippen LogP contribution in [0.2, 0.25) is 5.02 Å². The van der Waals surface area contributed by atoms with Crippen LogP contribution in [0.15, 0.2) is 48.5 Å². The third kappa shape index (κ3) is 2.29. The number of hydrogen-bond donors (Lipinski definition) is 0. The van der Waals surface area contributed by atoms with E-state index in [1.807, 2.05) is 18.2 Å². The van der Waals surface area contributed by atoms with Gasteiger partial charge in [0.1, 0.15) is 0 Å². The molecule has 2 aromatic carbocycles. The highest BCUT2D eigenvalue weighted by atomic mass is 35.5. The summed E-state index contributed by atoms with van der Waals surface area (Å²) in [6, 6.07) is 16.2. The van der Waals surface area contributed by atoms with E-state index < -0.39 is 0 Å². The lowest BCUT2D eigenvalue weighted by Crippen LogP contribution is -1.83. The first-order valence-corrected chi connectivity index (χ1v) is 7.14. The Morgan fingerprint density at radius 1 is 1.05 bits per heavy atom. The van der Waals surface area contributed by atoms with Crippen molar-refractivity contribution in [3.63, 3.8) is 0 Å². The van der Waals surface area contributed by atoms with Gasteiger partial charge in [-0.25, -0.2) is 0 Å². The minimum Gasteiger partial charge on any atom is -0.294 e. The molecule has 0 amide bonds. The average Bonchev–Trinajstić information content (AvgIpc) is 2.80. The monoisotopic (exact) mass is 286 g/mol. The topological polar surface area (TPSA) is 17.1 Å². The molecule has 3 heteroatoms. The molecule has 0 atom stereocenters. The van der Waals surface area contributed by atoms with Crippen LogP contribution in [0.4, 0.5) is 0 Å². The van der Waals surface area contributed by atoms with Gasteiger partial charge in [-0.05, 0) is 35.4 Å². The minimum atomic E-state index is 0.0546. The standard InChI is InChI=1S/C16H11ClOS/c1-10(18)15-9-14(17)16(19-15)13-7-6-11-4-2-3-5-12(11)8-13/h2-9H,1H3. The maximum atomic E-state index is 11.4. The van der Waals surface area contributed by atoms with Crippen molar-refractivity contribution in [1.82, 2.24) is 0 Å². The van der Waals surface area contributed by atoms with Crippen molar-refractivity contribution in [2.75, 3.05) is 0 Å². The van der Waals surface area contributed by atoms with Gasteiger partial charge in [0.25, 0.3) is 0 Å². The molecule has 1 aromatic heterocycles. The van der Waals surface area contributed by atoms with Crippen LogP contribution in [0.5, 0.6) is 0 Å². The Bertz CT molecular complexity index is 773. The predicted octanol–water partition coefficient (Wildman–Crippen LogP) is 5.42. The van der Waals surface area contributed by atoms with Gasteiger partial charge in [-0.2, -0.15) is 0 Å². The van der Waals surface area contributed by atoms with Crippen molar-refractivity contribution in [3.05, 3.63) is 58.4 Å². The number of hydrogen-bond acceptors (Lipinski definition) is 2. The summed E-state index contributed by atoms with van der Waals surface area (Å²) < 4.78 is 0. The number of carbonyl (C=O) groups excluding carboxylic acids is 1. The van der Waals surface area contributed by atoms with E-state index in [1.54, 1.807) is 13.0 Å². The molecule has 0 bridgehead atoms. The first kappa shape index (κ1) is 12.4. The number of carbonyl (C=O) groups is 1. The fourth-order valence-electron chi connectivity index (χ4n) is 2.07. The Labute approximate surface area is 120 Å². The van der Waals surface area contributed by atoms with E-state index >= 15 is 0 Å². The molecule has 0 spiro atoms. The molecule has 1 heterocycles. The molecule has 0 radical (unpaired) electrons. The summed E-state index contributed by atoms with van der Waals surface area (Å²) in [6.45, 7) is 1.56. The number of fused-ring (bicyclic) bond motifs is 1. The van der Waals surface area contributed by atoms with Crippen LogP contribution in [0.3, 0.4) is 0 Å². The molecule has 1 nitrogen and oxygen atoms in total. The molecule has 0 fully saturated rings. The lowest BCUT2D eigenvalue weighted by Gasteiger charge is -2.02. The lowest BCUT2D eigenvalue weighted by atomic mass is 10.1.